The van der Waals surface area contributed by atoms with Crippen LogP contribution >= 0.6 is 0 Å². The number of ether oxygens (including phenoxy) is 1. The van der Waals surface area contributed by atoms with Gasteiger partial charge in [0.15, 0.2) is 11.6 Å². The summed E-state index contributed by atoms with van der Waals surface area (Å²) >= 11 is 0. The Balaban J connectivity index is 1.88. The third-order valence-corrected chi connectivity index (χ3v) is 4.82. The number of carbonyl (C=O) groups excluding carboxylic acids is 2. The Labute approximate surface area is 125 Å². The quantitative estimate of drug-likeness (QED) is 0.801. The van der Waals surface area contributed by atoms with E-state index in [1.165, 1.54) is 0 Å². The maximum atomic E-state index is 12.2. The molecule has 2 atom stereocenters. The van der Waals surface area contributed by atoms with Gasteiger partial charge in [-0.05, 0) is 37.5 Å². The lowest BCUT2D eigenvalue weighted by Crippen LogP contribution is -2.46. The molecule has 0 N–H and O–H groups in total. The SMILES string of the molecule is COc1ccc(CN2C3C(=O)CCCC2(C)CC3=O)cc1. The van der Waals surface area contributed by atoms with Crippen LogP contribution in [0.25, 0.3) is 0 Å². The second kappa shape index (κ2) is 5.26. The number of carbonyl (C=O) groups is 2. The summed E-state index contributed by atoms with van der Waals surface area (Å²) in [5.41, 5.74) is 0.935. The fourth-order valence-electron chi connectivity index (χ4n) is 3.63. The van der Waals surface area contributed by atoms with E-state index in [9.17, 15) is 9.59 Å². The molecule has 0 aliphatic carbocycles. The highest BCUT2D eigenvalue weighted by Crippen LogP contribution is 2.40. The standard InChI is InChI=1S/C17H21NO3/c1-17-9-3-4-14(19)16(15(20)10-17)18(17)11-12-5-7-13(21-2)8-6-12/h5-8,16H,3-4,9-11H2,1-2H3. The van der Waals surface area contributed by atoms with Gasteiger partial charge in [-0.3, -0.25) is 14.5 Å². The van der Waals surface area contributed by atoms with Crippen LogP contribution < -0.4 is 4.74 Å². The first kappa shape index (κ1) is 14.3. The molecule has 112 valence electrons. The van der Waals surface area contributed by atoms with Gasteiger partial charge in [0.1, 0.15) is 11.8 Å². The second-order valence-electron chi connectivity index (χ2n) is 6.34. The summed E-state index contributed by atoms with van der Waals surface area (Å²) < 4.78 is 5.17. The van der Waals surface area contributed by atoms with Crippen molar-refractivity contribution >= 4 is 11.6 Å². The topological polar surface area (TPSA) is 46.6 Å². The Hall–Kier alpha value is -1.68. The number of ketones is 2. The van der Waals surface area contributed by atoms with E-state index in [4.69, 9.17) is 4.74 Å². The van der Waals surface area contributed by atoms with Crippen molar-refractivity contribution in [3.63, 3.8) is 0 Å². The summed E-state index contributed by atoms with van der Waals surface area (Å²) in [5, 5.41) is 0. The van der Waals surface area contributed by atoms with Crippen LogP contribution in [0, 0.1) is 0 Å². The minimum atomic E-state index is -0.528. The average molecular weight is 287 g/mol. The molecule has 0 aromatic heterocycles. The zero-order valence-electron chi connectivity index (χ0n) is 12.6. The van der Waals surface area contributed by atoms with Crippen LogP contribution in [0.3, 0.4) is 0 Å². The predicted octanol–water partition coefficient (Wildman–Crippen LogP) is 2.35. The van der Waals surface area contributed by atoms with Gasteiger partial charge in [-0.2, -0.15) is 0 Å². The van der Waals surface area contributed by atoms with Crippen LogP contribution in [-0.4, -0.2) is 35.2 Å². The van der Waals surface area contributed by atoms with Crippen LogP contribution in [0.1, 0.15) is 38.2 Å². The van der Waals surface area contributed by atoms with Crippen LogP contribution in [-0.2, 0) is 16.1 Å². The Morgan fingerprint density at radius 3 is 2.62 bits per heavy atom. The molecule has 0 radical (unpaired) electrons. The highest BCUT2D eigenvalue weighted by Gasteiger charge is 2.52. The molecule has 2 fully saturated rings. The fourth-order valence-corrected chi connectivity index (χ4v) is 3.63. The summed E-state index contributed by atoms with van der Waals surface area (Å²) in [6.07, 6.45) is 2.83. The number of hydrogen-bond acceptors (Lipinski definition) is 4. The van der Waals surface area contributed by atoms with Gasteiger partial charge in [0.25, 0.3) is 0 Å². The first-order chi connectivity index (χ1) is 10.0. The van der Waals surface area contributed by atoms with E-state index >= 15 is 0 Å². The van der Waals surface area contributed by atoms with Gasteiger partial charge in [-0.15, -0.1) is 0 Å². The highest BCUT2D eigenvalue weighted by atomic mass is 16.5. The van der Waals surface area contributed by atoms with Crippen molar-refractivity contribution in [3.05, 3.63) is 29.8 Å². The number of hydrogen-bond donors (Lipinski definition) is 0. The predicted molar refractivity (Wildman–Crippen MR) is 79.2 cm³/mol. The lowest BCUT2D eigenvalue weighted by Gasteiger charge is -2.35. The molecule has 2 saturated heterocycles. The van der Waals surface area contributed by atoms with Crippen molar-refractivity contribution in [2.75, 3.05) is 7.11 Å². The molecule has 1 aromatic rings. The lowest BCUT2D eigenvalue weighted by molar-refractivity contribution is -0.130. The van der Waals surface area contributed by atoms with Crippen molar-refractivity contribution < 1.29 is 14.3 Å². The van der Waals surface area contributed by atoms with Gasteiger partial charge >= 0.3 is 0 Å². The molecule has 4 heteroatoms. The maximum Gasteiger partial charge on any atom is 0.159 e. The van der Waals surface area contributed by atoms with E-state index < -0.39 is 6.04 Å². The summed E-state index contributed by atoms with van der Waals surface area (Å²) in [6, 6.07) is 7.31. The van der Waals surface area contributed by atoms with Crippen molar-refractivity contribution in [3.8, 4) is 5.75 Å². The lowest BCUT2D eigenvalue weighted by atomic mass is 9.89. The van der Waals surface area contributed by atoms with E-state index in [-0.39, 0.29) is 17.1 Å². The Morgan fingerprint density at radius 2 is 1.95 bits per heavy atom. The zero-order chi connectivity index (χ0) is 15.0. The summed E-state index contributed by atoms with van der Waals surface area (Å²) in [4.78, 5) is 26.6. The van der Waals surface area contributed by atoms with Crippen molar-refractivity contribution in [1.82, 2.24) is 4.90 Å². The number of benzene rings is 1. The summed E-state index contributed by atoms with van der Waals surface area (Å²) in [5.74, 6) is 1.00. The number of nitrogens with zero attached hydrogens (tertiary/aromatic N) is 1. The monoisotopic (exact) mass is 287 g/mol. The summed E-state index contributed by atoms with van der Waals surface area (Å²) in [6.45, 7) is 2.76. The van der Waals surface area contributed by atoms with Crippen LogP contribution in [0.15, 0.2) is 24.3 Å². The highest BCUT2D eigenvalue weighted by molar-refractivity contribution is 6.08. The molecule has 0 spiro atoms. The molecule has 2 aliphatic rings. The summed E-state index contributed by atoms with van der Waals surface area (Å²) in [7, 11) is 1.64. The fraction of sp³-hybridized carbons (Fsp3) is 0.529. The maximum absolute atomic E-state index is 12.2. The molecule has 0 saturated carbocycles. The first-order valence-electron chi connectivity index (χ1n) is 7.49. The van der Waals surface area contributed by atoms with Crippen molar-refractivity contribution in [2.24, 2.45) is 0 Å². The van der Waals surface area contributed by atoms with Crippen LogP contribution in [0.2, 0.25) is 0 Å². The molecule has 2 bridgehead atoms. The van der Waals surface area contributed by atoms with E-state index in [0.29, 0.717) is 19.4 Å². The third kappa shape index (κ3) is 2.48. The number of Topliss-reactive ketones (excluding diaryl/α,β-unsaturated/α-hetero) is 2. The van der Waals surface area contributed by atoms with Crippen LogP contribution in [0.4, 0.5) is 0 Å². The molecule has 1 aromatic carbocycles. The second-order valence-corrected chi connectivity index (χ2v) is 6.34. The van der Waals surface area contributed by atoms with Crippen molar-refractivity contribution in [1.29, 1.82) is 0 Å². The number of fused-ring (bicyclic) bond motifs is 2. The van der Waals surface area contributed by atoms with Gasteiger partial charge in [-0.25, -0.2) is 0 Å². The number of rotatable bonds is 3. The minimum absolute atomic E-state index is 0.0923. The molecule has 2 aliphatic heterocycles. The Kier molecular flexibility index (Phi) is 3.57. The molecule has 0 amide bonds. The van der Waals surface area contributed by atoms with Gasteiger partial charge in [0.2, 0.25) is 0 Å². The average Bonchev–Trinajstić information content (AvgIpc) is 2.62. The molecular weight excluding hydrogens is 266 g/mol. The van der Waals surface area contributed by atoms with Gasteiger partial charge in [-0.1, -0.05) is 12.1 Å². The van der Waals surface area contributed by atoms with Gasteiger partial charge in [0.05, 0.1) is 7.11 Å². The smallest absolute Gasteiger partial charge is 0.159 e. The molecule has 21 heavy (non-hydrogen) atoms. The van der Waals surface area contributed by atoms with Gasteiger partial charge < -0.3 is 4.74 Å². The normalized spacial score (nSPS) is 29.5. The molecule has 2 heterocycles. The van der Waals surface area contributed by atoms with E-state index in [1.54, 1.807) is 7.11 Å². The molecular formula is C17H21NO3. The molecule has 4 nitrogen and oxygen atoms in total. The Morgan fingerprint density at radius 1 is 1.24 bits per heavy atom. The molecule has 3 rings (SSSR count). The van der Waals surface area contributed by atoms with Crippen molar-refractivity contribution in [2.45, 2.75) is 50.7 Å². The molecule has 2 unspecified atom stereocenters. The third-order valence-electron chi connectivity index (χ3n) is 4.82. The largest absolute Gasteiger partial charge is 0.497 e. The van der Waals surface area contributed by atoms with E-state index in [1.807, 2.05) is 24.3 Å². The zero-order valence-corrected chi connectivity index (χ0v) is 12.6. The van der Waals surface area contributed by atoms with E-state index in [2.05, 4.69) is 11.8 Å². The Bertz CT molecular complexity index is 558. The first-order valence-corrected chi connectivity index (χ1v) is 7.49. The number of methoxy groups -OCH3 is 1. The van der Waals surface area contributed by atoms with Gasteiger partial charge in [0, 0.05) is 24.9 Å². The van der Waals surface area contributed by atoms with Crippen LogP contribution in [0.5, 0.6) is 5.75 Å². The minimum Gasteiger partial charge on any atom is -0.497 e. The van der Waals surface area contributed by atoms with E-state index in [0.717, 1.165) is 24.2 Å².